The van der Waals surface area contributed by atoms with E-state index in [1.54, 1.807) is 6.07 Å². The number of amides is 1. The molecule has 1 N–H and O–H groups in total. The fraction of sp³-hybridized carbons (Fsp3) is 0.300. The molecule has 1 amide bonds. The van der Waals surface area contributed by atoms with Crippen molar-refractivity contribution >= 4 is 27.5 Å². The summed E-state index contributed by atoms with van der Waals surface area (Å²) in [4.78, 5) is 11.3. The Morgan fingerprint density at radius 3 is 2.71 bits per heavy atom. The topological polar surface area (TPSA) is 29.1 Å². The summed E-state index contributed by atoms with van der Waals surface area (Å²) in [6, 6.07) is 4.35. The monoisotopic (exact) mass is 257 g/mol. The molecule has 14 heavy (non-hydrogen) atoms. The van der Waals surface area contributed by atoms with Crippen molar-refractivity contribution in [2.75, 3.05) is 5.32 Å². The second-order valence-corrected chi connectivity index (χ2v) is 4.34. The minimum absolute atomic E-state index is 0.0116. The van der Waals surface area contributed by atoms with Gasteiger partial charge in [0.1, 0.15) is 5.82 Å². The number of halogens is 2. The van der Waals surface area contributed by atoms with Crippen LogP contribution < -0.4 is 5.32 Å². The zero-order valence-electron chi connectivity index (χ0n) is 7.39. The zero-order chi connectivity index (χ0) is 10.1. The number of anilines is 1. The third kappa shape index (κ3) is 2.32. The Morgan fingerprint density at radius 1 is 1.43 bits per heavy atom. The molecule has 0 spiro atoms. The predicted octanol–water partition coefficient (Wildman–Crippen LogP) is 2.94. The maximum atomic E-state index is 12.9. The third-order valence-electron chi connectivity index (χ3n) is 2.08. The van der Waals surface area contributed by atoms with Crippen molar-refractivity contribution in [3.8, 4) is 0 Å². The molecule has 4 heteroatoms. The molecule has 1 aliphatic rings. The highest BCUT2D eigenvalue weighted by Crippen LogP contribution is 2.30. The normalized spacial score (nSPS) is 15.3. The van der Waals surface area contributed by atoms with Crippen LogP contribution in [0.2, 0.25) is 0 Å². The van der Waals surface area contributed by atoms with E-state index in [1.165, 1.54) is 12.1 Å². The van der Waals surface area contributed by atoms with Crippen LogP contribution in [-0.4, -0.2) is 5.91 Å². The van der Waals surface area contributed by atoms with Crippen LogP contribution >= 0.6 is 15.9 Å². The van der Waals surface area contributed by atoms with E-state index in [-0.39, 0.29) is 17.6 Å². The molecule has 0 aromatic heterocycles. The molecule has 1 aliphatic carbocycles. The van der Waals surface area contributed by atoms with Gasteiger partial charge in [-0.15, -0.1) is 0 Å². The average Bonchev–Trinajstić information content (AvgIpc) is 2.82. The first-order chi connectivity index (χ1) is 6.65. The van der Waals surface area contributed by atoms with Crippen molar-refractivity contribution in [1.29, 1.82) is 0 Å². The summed E-state index contributed by atoms with van der Waals surface area (Å²) >= 11 is 3.16. The van der Waals surface area contributed by atoms with Gasteiger partial charge in [0.15, 0.2) is 0 Å². The van der Waals surface area contributed by atoms with Gasteiger partial charge < -0.3 is 5.32 Å². The van der Waals surface area contributed by atoms with Crippen LogP contribution in [-0.2, 0) is 4.79 Å². The second kappa shape index (κ2) is 3.69. The zero-order valence-corrected chi connectivity index (χ0v) is 8.97. The fourth-order valence-corrected chi connectivity index (χ4v) is 1.68. The molecule has 0 bridgehead atoms. The Balaban J connectivity index is 2.11. The summed E-state index contributed by atoms with van der Waals surface area (Å²) in [5.74, 6) is -0.231. The van der Waals surface area contributed by atoms with E-state index in [0.29, 0.717) is 10.2 Å². The van der Waals surface area contributed by atoms with E-state index in [0.717, 1.165) is 12.8 Å². The van der Waals surface area contributed by atoms with E-state index in [4.69, 9.17) is 0 Å². The molecule has 1 aromatic rings. The molecular formula is C10H9BrFNO. The van der Waals surface area contributed by atoms with Gasteiger partial charge in [0, 0.05) is 16.1 Å². The Labute approximate surface area is 89.6 Å². The van der Waals surface area contributed by atoms with E-state index < -0.39 is 0 Å². The Morgan fingerprint density at radius 2 is 2.14 bits per heavy atom. The molecule has 1 aromatic carbocycles. The van der Waals surface area contributed by atoms with Gasteiger partial charge in [-0.25, -0.2) is 4.39 Å². The summed E-state index contributed by atoms with van der Waals surface area (Å²) in [6.45, 7) is 0. The second-order valence-electron chi connectivity index (χ2n) is 3.42. The summed E-state index contributed by atoms with van der Waals surface area (Å²) in [5, 5.41) is 2.68. The molecule has 0 saturated heterocycles. The van der Waals surface area contributed by atoms with Gasteiger partial charge in [-0.3, -0.25) is 4.79 Å². The largest absolute Gasteiger partial charge is 0.326 e. The Kier molecular flexibility index (Phi) is 2.54. The lowest BCUT2D eigenvalue weighted by molar-refractivity contribution is -0.117. The third-order valence-corrected chi connectivity index (χ3v) is 2.54. The van der Waals surface area contributed by atoms with Gasteiger partial charge in [0.05, 0.1) is 0 Å². The molecule has 2 nitrogen and oxygen atoms in total. The lowest BCUT2D eigenvalue weighted by Gasteiger charge is -2.04. The van der Waals surface area contributed by atoms with Crippen LogP contribution in [0, 0.1) is 11.7 Å². The quantitative estimate of drug-likeness (QED) is 0.868. The van der Waals surface area contributed by atoms with Crippen LogP contribution in [0.5, 0.6) is 0 Å². The molecule has 1 fully saturated rings. The maximum Gasteiger partial charge on any atom is 0.227 e. The first kappa shape index (κ1) is 9.65. The molecule has 74 valence electrons. The number of rotatable bonds is 2. The predicted molar refractivity (Wildman–Crippen MR) is 55.5 cm³/mol. The summed E-state index contributed by atoms with van der Waals surface area (Å²) in [6.07, 6.45) is 1.89. The van der Waals surface area contributed by atoms with Gasteiger partial charge in [-0.1, -0.05) is 15.9 Å². The molecule has 2 rings (SSSR count). The van der Waals surface area contributed by atoms with E-state index >= 15 is 0 Å². The maximum absolute atomic E-state index is 12.9. The van der Waals surface area contributed by atoms with Crippen molar-refractivity contribution in [2.45, 2.75) is 12.8 Å². The standard InChI is InChI=1S/C10H9BrFNO/c11-7-3-8(12)5-9(4-7)13-10(14)6-1-2-6/h3-6H,1-2H2,(H,13,14). The van der Waals surface area contributed by atoms with Crippen LogP contribution in [0.1, 0.15) is 12.8 Å². The van der Waals surface area contributed by atoms with Crippen molar-refractivity contribution in [1.82, 2.24) is 0 Å². The van der Waals surface area contributed by atoms with E-state index in [1.807, 2.05) is 0 Å². The van der Waals surface area contributed by atoms with Gasteiger partial charge in [0.25, 0.3) is 0 Å². The van der Waals surface area contributed by atoms with Gasteiger partial charge >= 0.3 is 0 Å². The lowest BCUT2D eigenvalue weighted by Crippen LogP contribution is -2.13. The van der Waals surface area contributed by atoms with Crippen LogP contribution in [0.3, 0.4) is 0 Å². The van der Waals surface area contributed by atoms with Crippen LogP contribution in [0.25, 0.3) is 0 Å². The van der Waals surface area contributed by atoms with Gasteiger partial charge in [-0.05, 0) is 31.0 Å². The number of hydrogen-bond donors (Lipinski definition) is 1. The molecule has 1 saturated carbocycles. The number of carbonyl (C=O) groups excluding carboxylic acids is 1. The number of nitrogens with one attached hydrogen (secondary N) is 1. The van der Waals surface area contributed by atoms with E-state index in [2.05, 4.69) is 21.2 Å². The smallest absolute Gasteiger partial charge is 0.227 e. The fourth-order valence-electron chi connectivity index (χ4n) is 1.22. The van der Waals surface area contributed by atoms with Crippen molar-refractivity contribution < 1.29 is 9.18 Å². The van der Waals surface area contributed by atoms with Crippen LogP contribution in [0.4, 0.5) is 10.1 Å². The van der Waals surface area contributed by atoms with Crippen molar-refractivity contribution in [2.24, 2.45) is 5.92 Å². The molecule has 0 heterocycles. The van der Waals surface area contributed by atoms with E-state index in [9.17, 15) is 9.18 Å². The first-order valence-corrected chi connectivity index (χ1v) is 5.21. The number of benzene rings is 1. The Hall–Kier alpha value is -0.900. The SMILES string of the molecule is O=C(Nc1cc(F)cc(Br)c1)C1CC1. The molecule has 0 aliphatic heterocycles. The number of carbonyl (C=O) groups is 1. The van der Waals surface area contributed by atoms with Crippen molar-refractivity contribution in [3.63, 3.8) is 0 Å². The van der Waals surface area contributed by atoms with Crippen LogP contribution in [0.15, 0.2) is 22.7 Å². The average molecular weight is 258 g/mol. The minimum atomic E-state index is -0.356. The Bertz CT molecular complexity index is 356. The summed E-state index contributed by atoms with van der Waals surface area (Å²) in [7, 11) is 0. The highest BCUT2D eigenvalue weighted by molar-refractivity contribution is 9.10. The summed E-state index contributed by atoms with van der Waals surface area (Å²) in [5.41, 5.74) is 0.508. The highest BCUT2D eigenvalue weighted by Gasteiger charge is 2.29. The molecule has 0 unspecified atom stereocenters. The first-order valence-electron chi connectivity index (χ1n) is 4.42. The van der Waals surface area contributed by atoms with Gasteiger partial charge in [0.2, 0.25) is 5.91 Å². The van der Waals surface area contributed by atoms with Gasteiger partial charge in [-0.2, -0.15) is 0 Å². The lowest BCUT2D eigenvalue weighted by atomic mass is 10.3. The molecule has 0 radical (unpaired) electrons. The minimum Gasteiger partial charge on any atom is -0.326 e. The summed E-state index contributed by atoms with van der Waals surface area (Å²) < 4.78 is 13.5. The van der Waals surface area contributed by atoms with Crippen molar-refractivity contribution in [3.05, 3.63) is 28.5 Å². The molecular weight excluding hydrogens is 249 g/mol. The molecule has 0 atom stereocenters. The highest BCUT2D eigenvalue weighted by atomic mass is 79.9. The number of hydrogen-bond acceptors (Lipinski definition) is 1.